The molecule has 0 saturated carbocycles. The number of sulfonamides is 1. The SMILES string of the molecule is COCC1C(c2ccc(-c3cccc(C)c3)cc2)C2CN(S(=O)(=O)c3ccccc3C)C/C=C\CN12. The largest absolute Gasteiger partial charge is 0.383 e. The molecule has 3 atom stereocenters. The first kappa shape index (κ1) is 24.9. The van der Waals surface area contributed by atoms with Gasteiger partial charge in [0.15, 0.2) is 0 Å². The standard InChI is InChI=1S/C30H34N2O3S/c1-22-9-8-11-26(19-22)24-13-15-25(16-14-24)30-27-20-31(17-6-7-18-32(27)28(30)21-35-3)36(33,34)29-12-5-4-10-23(29)2/h4-16,19,27-28,30H,17-18,20-21H2,1-3H3/b7-6-. The number of benzene rings is 3. The Balaban J connectivity index is 1.46. The Morgan fingerprint density at radius 3 is 2.36 bits per heavy atom. The van der Waals surface area contributed by atoms with Crippen LogP contribution in [-0.2, 0) is 14.8 Å². The summed E-state index contributed by atoms with van der Waals surface area (Å²) in [5.74, 6) is 0.192. The maximum absolute atomic E-state index is 13.7. The summed E-state index contributed by atoms with van der Waals surface area (Å²) in [6.45, 7) is 6.21. The number of hydrogen-bond acceptors (Lipinski definition) is 4. The lowest BCUT2D eigenvalue weighted by atomic mass is 9.74. The molecular formula is C30H34N2O3S. The van der Waals surface area contributed by atoms with E-state index in [9.17, 15) is 8.42 Å². The van der Waals surface area contributed by atoms with E-state index < -0.39 is 10.0 Å². The van der Waals surface area contributed by atoms with Gasteiger partial charge in [-0.25, -0.2) is 8.42 Å². The maximum Gasteiger partial charge on any atom is 0.243 e. The molecule has 188 valence electrons. The van der Waals surface area contributed by atoms with Gasteiger partial charge in [0.2, 0.25) is 10.0 Å². The number of fused-ring (bicyclic) bond motifs is 1. The molecule has 2 aliphatic rings. The van der Waals surface area contributed by atoms with Gasteiger partial charge >= 0.3 is 0 Å². The van der Waals surface area contributed by atoms with E-state index in [1.807, 2.05) is 25.1 Å². The maximum atomic E-state index is 13.7. The molecule has 0 aliphatic carbocycles. The highest BCUT2D eigenvalue weighted by atomic mass is 32.2. The Hall–Kier alpha value is -2.77. The van der Waals surface area contributed by atoms with Gasteiger partial charge in [-0.15, -0.1) is 0 Å². The highest BCUT2D eigenvalue weighted by Crippen LogP contribution is 2.43. The molecule has 3 unspecified atom stereocenters. The number of aryl methyl sites for hydroxylation is 2. The fourth-order valence-electron chi connectivity index (χ4n) is 5.69. The molecule has 0 amide bonds. The molecule has 1 saturated heterocycles. The summed E-state index contributed by atoms with van der Waals surface area (Å²) in [6, 6.07) is 24.8. The van der Waals surface area contributed by atoms with Crippen molar-refractivity contribution in [3.05, 3.63) is 102 Å². The third-order valence-electron chi connectivity index (χ3n) is 7.56. The Bertz CT molecular complexity index is 1350. The number of nitrogens with zero attached hydrogens (tertiary/aromatic N) is 2. The average molecular weight is 503 g/mol. The summed E-state index contributed by atoms with van der Waals surface area (Å²) in [5, 5.41) is 0. The van der Waals surface area contributed by atoms with Gasteiger partial charge in [-0.3, -0.25) is 4.90 Å². The molecule has 2 aliphatic heterocycles. The van der Waals surface area contributed by atoms with Crippen LogP contribution in [0.25, 0.3) is 11.1 Å². The molecular weight excluding hydrogens is 468 g/mol. The monoisotopic (exact) mass is 502 g/mol. The third-order valence-corrected chi connectivity index (χ3v) is 9.55. The molecule has 5 nitrogen and oxygen atoms in total. The van der Waals surface area contributed by atoms with Gasteiger partial charge in [-0.05, 0) is 42.2 Å². The summed E-state index contributed by atoms with van der Waals surface area (Å²) in [5.41, 5.74) is 5.63. The molecule has 1 fully saturated rings. The second kappa shape index (κ2) is 10.3. The third kappa shape index (κ3) is 4.66. The predicted molar refractivity (Wildman–Crippen MR) is 145 cm³/mol. The van der Waals surface area contributed by atoms with Gasteiger partial charge in [0, 0.05) is 44.7 Å². The van der Waals surface area contributed by atoms with Gasteiger partial charge in [0.25, 0.3) is 0 Å². The van der Waals surface area contributed by atoms with E-state index >= 15 is 0 Å². The Kier molecular flexibility index (Phi) is 7.13. The quantitative estimate of drug-likeness (QED) is 0.445. The Morgan fingerprint density at radius 1 is 0.889 bits per heavy atom. The zero-order chi connectivity index (χ0) is 25.3. The van der Waals surface area contributed by atoms with Crippen LogP contribution in [0.5, 0.6) is 0 Å². The summed E-state index contributed by atoms with van der Waals surface area (Å²) >= 11 is 0. The van der Waals surface area contributed by atoms with Crippen LogP contribution < -0.4 is 0 Å². The van der Waals surface area contributed by atoms with Crippen LogP contribution in [0.4, 0.5) is 0 Å². The van der Waals surface area contributed by atoms with Gasteiger partial charge in [-0.1, -0.05) is 84.4 Å². The minimum Gasteiger partial charge on any atom is -0.383 e. The second-order valence-electron chi connectivity index (χ2n) is 9.86. The van der Waals surface area contributed by atoms with E-state index in [2.05, 4.69) is 66.4 Å². The van der Waals surface area contributed by atoms with Gasteiger partial charge in [0.05, 0.1) is 11.5 Å². The van der Waals surface area contributed by atoms with E-state index in [4.69, 9.17) is 4.74 Å². The lowest BCUT2D eigenvalue weighted by Crippen LogP contribution is -2.67. The van der Waals surface area contributed by atoms with Crippen LogP contribution in [0.2, 0.25) is 0 Å². The Labute approximate surface area is 215 Å². The van der Waals surface area contributed by atoms with Gasteiger partial charge < -0.3 is 4.74 Å². The van der Waals surface area contributed by atoms with Crippen LogP contribution >= 0.6 is 0 Å². The van der Waals surface area contributed by atoms with Crippen molar-refractivity contribution in [2.45, 2.75) is 36.7 Å². The molecule has 5 rings (SSSR count). The minimum atomic E-state index is -3.61. The van der Waals surface area contributed by atoms with E-state index in [1.54, 1.807) is 23.5 Å². The number of hydrogen-bond donors (Lipinski definition) is 0. The molecule has 3 aromatic rings. The lowest BCUT2D eigenvalue weighted by Gasteiger charge is -2.56. The van der Waals surface area contributed by atoms with Gasteiger partial charge in [0.1, 0.15) is 0 Å². The second-order valence-corrected chi connectivity index (χ2v) is 11.8. The van der Waals surface area contributed by atoms with Crippen LogP contribution in [-0.4, -0.2) is 63.1 Å². The first-order valence-corrected chi connectivity index (χ1v) is 14.0. The zero-order valence-corrected chi connectivity index (χ0v) is 22.0. The molecule has 2 heterocycles. The smallest absolute Gasteiger partial charge is 0.243 e. The molecule has 0 aromatic heterocycles. The molecule has 0 radical (unpaired) electrons. The van der Waals surface area contributed by atoms with Crippen LogP contribution in [0.1, 0.15) is 22.6 Å². The molecule has 0 spiro atoms. The van der Waals surface area contributed by atoms with Crippen molar-refractivity contribution in [3.63, 3.8) is 0 Å². The molecule has 36 heavy (non-hydrogen) atoms. The van der Waals surface area contributed by atoms with Crippen molar-refractivity contribution < 1.29 is 13.2 Å². The van der Waals surface area contributed by atoms with E-state index in [0.717, 1.165) is 12.1 Å². The Morgan fingerprint density at radius 2 is 1.64 bits per heavy atom. The summed E-state index contributed by atoms with van der Waals surface area (Å²) in [7, 11) is -1.88. The van der Waals surface area contributed by atoms with Crippen molar-refractivity contribution in [2.24, 2.45) is 0 Å². The molecule has 3 aromatic carbocycles. The highest BCUT2D eigenvalue weighted by molar-refractivity contribution is 7.89. The zero-order valence-electron chi connectivity index (χ0n) is 21.2. The normalized spacial score (nSPS) is 23.8. The number of rotatable bonds is 6. The van der Waals surface area contributed by atoms with Crippen LogP contribution in [0.15, 0.2) is 89.8 Å². The van der Waals surface area contributed by atoms with Crippen molar-refractivity contribution in [1.29, 1.82) is 0 Å². The first-order valence-electron chi connectivity index (χ1n) is 12.5. The topological polar surface area (TPSA) is 49.9 Å². The van der Waals surface area contributed by atoms with E-state index in [0.29, 0.717) is 24.6 Å². The molecule has 6 heteroatoms. The van der Waals surface area contributed by atoms with Crippen molar-refractivity contribution in [3.8, 4) is 11.1 Å². The number of methoxy groups -OCH3 is 1. The fraction of sp³-hybridized carbons (Fsp3) is 0.333. The van der Waals surface area contributed by atoms with E-state index in [-0.39, 0.29) is 18.0 Å². The molecule has 0 N–H and O–H groups in total. The first-order chi connectivity index (χ1) is 17.4. The minimum absolute atomic E-state index is 0.0821. The van der Waals surface area contributed by atoms with Crippen LogP contribution in [0.3, 0.4) is 0 Å². The van der Waals surface area contributed by atoms with Gasteiger partial charge in [-0.2, -0.15) is 4.31 Å². The average Bonchev–Trinajstić information content (AvgIpc) is 2.85. The van der Waals surface area contributed by atoms with Crippen LogP contribution in [0, 0.1) is 13.8 Å². The van der Waals surface area contributed by atoms with E-state index in [1.165, 1.54) is 22.3 Å². The highest BCUT2D eigenvalue weighted by Gasteiger charge is 2.50. The summed E-state index contributed by atoms with van der Waals surface area (Å²) in [4.78, 5) is 2.77. The predicted octanol–water partition coefficient (Wildman–Crippen LogP) is 5.01. The van der Waals surface area contributed by atoms with Crippen molar-refractivity contribution >= 4 is 10.0 Å². The van der Waals surface area contributed by atoms with Crippen molar-refractivity contribution in [1.82, 2.24) is 9.21 Å². The lowest BCUT2D eigenvalue weighted by molar-refractivity contribution is -0.0508. The summed E-state index contributed by atoms with van der Waals surface area (Å²) < 4.78 is 34.6. The van der Waals surface area contributed by atoms with Crippen molar-refractivity contribution in [2.75, 3.05) is 33.4 Å². The molecule has 0 bridgehead atoms. The fourth-order valence-corrected chi connectivity index (χ4v) is 7.33. The number of ether oxygens (including phenoxy) is 1. The summed E-state index contributed by atoms with van der Waals surface area (Å²) in [6.07, 6.45) is 4.06.